The Kier molecular flexibility index (Phi) is 6.83. The number of ether oxygens (including phenoxy) is 1. The number of hydrogen-bond acceptors (Lipinski definition) is 6. The number of nitrogens with zero attached hydrogens (tertiary/aromatic N) is 2. The predicted molar refractivity (Wildman–Crippen MR) is 130 cm³/mol. The Labute approximate surface area is 198 Å². The lowest BCUT2D eigenvalue weighted by Crippen LogP contribution is -2.42. The molecule has 1 N–H and O–H groups in total. The number of rotatable bonds is 6. The van der Waals surface area contributed by atoms with Crippen molar-refractivity contribution in [2.75, 3.05) is 25.5 Å². The molecule has 33 heavy (non-hydrogen) atoms. The van der Waals surface area contributed by atoms with Gasteiger partial charge in [0, 0.05) is 29.6 Å². The fraction of sp³-hybridized carbons (Fsp3) is 0.333. The topological polar surface area (TPSA) is 88.6 Å². The second-order valence-electron chi connectivity index (χ2n) is 8.48. The number of piperidine rings is 1. The largest absolute Gasteiger partial charge is 0.496 e. The molecular formula is C24H27N3O4S2. The molecule has 0 aliphatic carbocycles. The summed E-state index contributed by atoms with van der Waals surface area (Å²) < 4.78 is 33.0. The first kappa shape index (κ1) is 23.4. The van der Waals surface area contributed by atoms with Crippen LogP contribution in [0.25, 0.3) is 11.3 Å². The molecule has 3 aromatic rings. The van der Waals surface area contributed by atoms with E-state index in [-0.39, 0.29) is 10.8 Å². The number of hydrogen-bond donors (Lipinski definition) is 1. The van der Waals surface area contributed by atoms with Crippen LogP contribution in [0.2, 0.25) is 0 Å². The molecule has 2 atom stereocenters. The quantitative estimate of drug-likeness (QED) is 0.545. The van der Waals surface area contributed by atoms with E-state index in [4.69, 9.17) is 4.74 Å². The molecule has 2 aromatic carbocycles. The lowest BCUT2D eigenvalue weighted by Gasteiger charge is -2.34. The summed E-state index contributed by atoms with van der Waals surface area (Å²) in [6.07, 6.45) is 1.03. The van der Waals surface area contributed by atoms with Gasteiger partial charge in [-0.05, 0) is 54.7 Å². The maximum Gasteiger partial charge on any atom is 0.257 e. The first-order chi connectivity index (χ1) is 15.8. The Bertz CT molecular complexity index is 1230. The highest BCUT2D eigenvalue weighted by Crippen LogP contribution is 2.32. The van der Waals surface area contributed by atoms with Crippen LogP contribution in [0.5, 0.6) is 5.75 Å². The number of benzene rings is 2. The average molecular weight is 486 g/mol. The summed E-state index contributed by atoms with van der Waals surface area (Å²) in [5.41, 5.74) is 1.91. The number of thiazole rings is 1. The van der Waals surface area contributed by atoms with Gasteiger partial charge in [0.25, 0.3) is 5.91 Å². The van der Waals surface area contributed by atoms with Gasteiger partial charge in [-0.3, -0.25) is 10.1 Å². The third-order valence-corrected chi connectivity index (χ3v) is 8.30. The minimum absolute atomic E-state index is 0.202. The Morgan fingerprint density at radius 2 is 1.76 bits per heavy atom. The molecule has 4 rings (SSSR count). The van der Waals surface area contributed by atoms with Crippen LogP contribution in [0.1, 0.15) is 30.6 Å². The minimum Gasteiger partial charge on any atom is -0.496 e. The number of aromatic nitrogens is 1. The van der Waals surface area contributed by atoms with E-state index in [1.54, 1.807) is 11.4 Å². The first-order valence-corrected chi connectivity index (χ1v) is 13.1. The van der Waals surface area contributed by atoms with Crippen molar-refractivity contribution < 1.29 is 17.9 Å². The summed E-state index contributed by atoms with van der Waals surface area (Å²) in [6.45, 7) is 5.19. The fourth-order valence-electron chi connectivity index (χ4n) is 4.21. The molecule has 1 aromatic heterocycles. The molecule has 9 heteroatoms. The maximum absolute atomic E-state index is 13.0. The van der Waals surface area contributed by atoms with Crippen LogP contribution in [0.4, 0.5) is 5.13 Å². The van der Waals surface area contributed by atoms with Crippen molar-refractivity contribution in [2.45, 2.75) is 25.2 Å². The molecule has 0 spiro atoms. The van der Waals surface area contributed by atoms with E-state index in [0.29, 0.717) is 47.1 Å². The summed E-state index contributed by atoms with van der Waals surface area (Å²) in [6, 6.07) is 13.6. The molecule has 1 amide bonds. The smallest absolute Gasteiger partial charge is 0.257 e. The Morgan fingerprint density at radius 1 is 1.09 bits per heavy atom. The number of anilines is 1. The van der Waals surface area contributed by atoms with E-state index in [0.717, 1.165) is 12.0 Å². The molecule has 1 aliphatic heterocycles. The van der Waals surface area contributed by atoms with Crippen LogP contribution in [-0.2, 0) is 10.0 Å². The first-order valence-electron chi connectivity index (χ1n) is 10.8. The monoisotopic (exact) mass is 485 g/mol. The summed E-state index contributed by atoms with van der Waals surface area (Å²) in [5, 5.41) is 5.09. The molecule has 7 nitrogen and oxygen atoms in total. The molecule has 0 saturated carbocycles. The van der Waals surface area contributed by atoms with E-state index in [1.807, 2.05) is 29.6 Å². The second-order valence-corrected chi connectivity index (χ2v) is 11.3. The Balaban J connectivity index is 1.47. The van der Waals surface area contributed by atoms with Gasteiger partial charge < -0.3 is 4.74 Å². The van der Waals surface area contributed by atoms with Gasteiger partial charge in [0.2, 0.25) is 10.0 Å². The molecule has 0 radical (unpaired) electrons. The van der Waals surface area contributed by atoms with Crippen LogP contribution in [0.3, 0.4) is 0 Å². The molecule has 0 bridgehead atoms. The van der Waals surface area contributed by atoms with Crippen LogP contribution in [-0.4, -0.2) is 43.8 Å². The average Bonchev–Trinajstić information content (AvgIpc) is 3.26. The van der Waals surface area contributed by atoms with Crippen molar-refractivity contribution >= 4 is 32.4 Å². The third kappa shape index (κ3) is 5.10. The summed E-state index contributed by atoms with van der Waals surface area (Å²) >= 11 is 1.31. The van der Waals surface area contributed by atoms with Crippen molar-refractivity contribution in [1.29, 1.82) is 0 Å². The highest BCUT2D eigenvalue weighted by atomic mass is 32.2. The zero-order valence-electron chi connectivity index (χ0n) is 18.8. The highest BCUT2D eigenvalue weighted by molar-refractivity contribution is 7.89. The van der Waals surface area contributed by atoms with E-state index < -0.39 is 10.0 Å². The molecule has 1 fully saturated rings. The number of carbonyl (C=O) groups excluding carboxylic acids is 1. The van der Waals surface area contributed by atoms with Crippen molar-refractivity contribution in [2.24, 2.45) is 11.8 Å². The predicted octanol–water partition coefficient (Wildman–Crippen LogP) is 4.74. The summed E-state index contributed by atoms with van der Waals surface area (Å²) in [5.74, 6) is 1.01. The molecular weight excluding hydrogens is 458 g/mol. The molecule has 2 heterocycles. The van der Waals surface area contributed by atoms with Crippen LogP contribution in [0.15, 0.2) is 58.8 Å². The van der Waals surface area contributed by atoms with Gasteiger partial charge in [-0.25, -0.2) is 13.4 Å². The molecule has 174 valence electrons. The van der Waals surface area contributed by atoms with Gasteiger partial charge in [-0.1, -0.05) is 26.0 Å². The van der Waals surface area contributed by atoms with E-state index in [2.05, 4.69) is 24.1 Å². The SMILES string of the molecule is COc1ccccc1-c1csc(NC(=O)c2ccc(S(=O)(=O)N3CC(C)CC(C)C3)cc2)n1. The number of nitrogens with one attached hydrogen (secondary N) is 1. The number of para-hydroxylation sites is 1. The number of sulfonamides is 1. The highest BCUT2D eigenvalue weighted by Gasteiger charge is 2.31. The molecule has 1 saturated heterocycles. The van der Waals surface area contributed by atoms with Gasteiger partial charge in [0.1, 0.15) is 5.75 Å². The van der Waals surface area contributed by atoms with E-state index in [9.17, 15) is 13.2 Å². The maximum atomic E-state index is 13.0. The third-order valence-electron chi connectivity index (χ3n) is 5.70. The Hall–Kier alpha value is -2.75. The van der Waals surface area contributed by atoms with Crippen LogP contribution in [0, 0.1) is 11.8 Å². The fourth-order valence-corrected chi connectivity index (χ4v) is 6.59. The van der Waals surface area contributed by atoms with Gasteiger partial charge >= 0.3 is 0 Å². The van der Waals surface area contributed by atoms with Crippen LogP contribution < -0.4 is 10.1 Å². The summed E-state index contributed by atoms with van der Waals surface area (Å²) in [7, 11) is -1.98. The lowest BCUT2D eigenvalue weighted by atomic mass is 9.94. The Morgan fingerprint density at radius 3 is 2.42 bits per heavy atom. The minimum atomic E-state index is -3.58. The van der Waals surface area contributed by atoms with Gasteiger partial charge in [0.15, 0.2) is 5.13 Å². The standard InChI is InChI=1S/C24H27N3O4S2/c1-16-12-17(2)14-27(13-16)33(29,30)19-10-8-18(9-11-19)23(28)26-24-25-21(15-32-24)20-6-4-5-7-22(20)31-3/h4-11,15-17H,12-14H2,1-3H3,(H,25,26,28). The van der Waals surface area contributed by atoms with E-state index >= 15 is 0 Å². The van der Waals surface area contributed by atoms with Crippen molar-refractivity contribution in [1.82, 2.24) is 9.29 Å². The van der Waals surface area contributed by atoms with Gasteiger partial charge in [-0.15, -0.1) is 11.3 Å². The second kappa shape index (κ2) is 9.62. The zero-order chi connectivity index (χ0) is 23.6. The van der Waals surface area contributed by atoms with E-state index in [1.165, 1.54) is 35.6 Å². The van der Waals surface area contributed by atoms with Crippen molar-refractivity contribution in [3.05, 3.63) is 59.5 Å². The number of methoxy groups -OCH3 is 1. The molecule has 1 aliphatic rings. The lowest BCUT2D eigenvalue weighted by molar-refractivity contribution is 0.102. The van der Waals surface area contributed by atoms with Crippen molar-refractivity contribution in [3.63, 3.8) is 0 Å². The molecule has 2 unspecified atom stereocenters. The van der Waals surface area contributed by atoms with Gasteiger partial charge in [0.05, 0.1) is 17.7 Å². The zero-order valence-corrected chi connectivity index (χ0v) is 20.4. The number of carbonyl (C=O) groups is 1. The van der Waals surface area contributed by atoms with Crippen LogP contribution >= 0.6 is 11.3 Å². The summed E-state index contributed by atoms with van der Waals surface area (Å²) in [4.78, 5) is 17.4. The number of amides is 1. The normalized spacial score (nSPS) is 19.2. The van der Waals surface area contributed by atoms with Gasteiger partial charge in [-0.2, -0.15) is 4.31 Å². The van der Waals surface area contributed by atoms with Crippen molar-refractivity contribution in [3.8, 4) is 17.0 Å².